The lowest BCUT2D eigenvalue weighted by atomic mass is 10.2. The van der Waals surface area contributed by atoms with Gasteiger partial charge in [-0.2, -0.15) is 5.10 Å². The molecule has 96 valence electrons. The maximum atomic E-state index is 5.81. The topological polar surface area (TPSA) is 66.0 Å². The van der Waals surface area contributed by atoms with Crippen molar-refractivity contribution in [3.63, 3.8) is 0 Å². The monoisotopic (exact) mass is 246 g/mol. The van der Waals surface area contributed by atoms with Crippen molar-refractivity contribution in [2.45, 2.75) is 27.3 Å². The molecule has 5 nitrogen and oxygen atoms in total. The second-order valence-electron chi connectivity index (χ2n) is 4.32. The molecule has 5 heteroatoms. The fourth-order valence-electron chi connectivity index (χ4n) is 1.85. The maximum Gasteiger partial charge on any atom is 0.219 e. The van der Waals surface area contributed by atoms with Crippen molar-refractivity contribution in [2.24, 2.45) is 12.8 Å². The third kappa shape index (κ3) is 2.22. The fraction of sp³-hybridized carbons (Fsp3) is 0.385. The van der Waals surface area contributed by atoms with Gasteiger partial charge in [0.25, 0.3) is 0 Å². The number of aryl methyl sites for hydroxylation is 3. The molecule has 0 fully saturated rings. The van der Waals surface area contributed by atoms with Gasteiger partial charge in [0.05, 0.1) is 5.69 Å². The Balaban J connectivity index is 2.31. The molecule has 0 radical (unpaired) electrons. The summed E-state index contributed by atoms with van der Waals surface area (Å²) in [4.78, 5) is 4.39. The van der Waals surface area contributed by atoms with Crippen molar-refractivity contribution in [1.82, 2.24) is 14.8 Å². The summed E-state index contributed by atoms with van der Waals surface area (Å²) in [6, 6.07) is 3.78. The highest BCUT2D eigenvalue weighted by Gasteiger charge is 2.12. The Morgan fingerprint density at radius 1 is 1.22 bits per heavy atom. The molecule has 0 aliphatic rings. The molecule has 2 N–H and O–H groups in total. The minimum atomic E-state index is 0.490. The van der Waals surface area contributed by atoms with Crippen LogP contribution in [0.4, 0.5) is 0 Å². The van der Waals surface area contributed by atoms with E-state index in [0.29, 0.717) is 12.4 Å². The highest BCUT2D eigenvalue weighted by molar-refractivity contribution is 5.36. The van der Waals surface area contributed by atoms with Gasteiger partial charge in [0.2, 0.25) is 5.88 Å². The molecule has 0 aliphatic heterocycles. The van der Waals surface area contributed by atoms with Gasteiger partial charge in [-0.1, -0.05) is 6.07 Å². The zero-order valence-corrected chi connectivity index (χ0v) is 11.2. The number of aromatic nitrogens is 3. The Bertz CT molecular complexity index is 575. The molecule has 0 aromatic carbocycles. The van der Waals surface area contributed by atoms with Crippen molar-refractivity contribution in [3.05, 3.63) is 34.8 Å². The van der Waals surface area contributed by atoms with Gasteiger partial charge in [0, 0.05) is 25.4 Å². The SMILES string of the molecule is Cc1nc(Oc2c(C)nn(C)c2C)ccc1CN. The van der Waals surface area contributed by atoms with Crippen molar-refractivity contribution in [1.29, 1.82) is 0 Å². The largest absolute Gasteiger partial charge is 0.435 e. The van der Waals surface area contributed by atoms with E-state index in [1.165, 1.54) is 0 Å². The summed E-state index contributed by atoms with van der Waals surface area (Å²) < 4.78 is 7.60. The Morgan fingerprint density at radius 3 is 2.44 bits per heavy atom. The molecular weight excluding hydrogens is 228 g/mol. The van der Waals surface area contributed by atoms with Crippen LogP contribution in [0.25, 0.3) is 0 Å². The summed E-state index contributed by atoms with van der Waals surface area (Å²) in [6.45, 7) is 6.31. The standard InChI is InChI=1S/C13H18N4O/c1-8-11(7-14)5-6-12(15-8)18-13-9(2)16-17(4)10(13)3/h5-6H,7,14H2,1-4H3. The van der Waals surface area contributed by atoms with E-state index in [1.807, 2.05) is 40.0 Å². The summed E-state index contributed by atoms with van der Waals surface area (Å²) in [6.07, 6.45) is 0. The second-order valence-corrected chi connectivity index (χ2v) is 4.32. The molecule has 0 atom stereocenters. The summed E-state index contributed by atoms with van der Waals surface area (Å²) in [5, 5.41) is 4.31. The quantitative estimate of drug-likeness (QED) is 0.899. The number of nitrogens with zero attached hydrogens (tertiary/aromatic N) is 3. The van der Waals surface area contributed by atoms with E-state index < -0.39 is 0 Å². The van der Waals surface area contributed by atoms with E-state index in [2.05, 4.69) is 10.1 Å². The molecule has 0 saturated heterocycles. The van der Waals surface area contributed by atoms with Crippen LogP contribution in [0.15, 0.2) is 12.1 Å². The number of ether oxygens (including phenoxy) is 1. The number of pyridine rings is 1. The van der Waals surface area contributed by atoms with Crippen LogP contribution in [0.2, 0.25) is 0 Å². The van der Waals surface area contributed by atoms with Gasteiger partial charge in [-0.25, -0.2) is 4.98 Å². The molecule has 0 bridgehead atoms. The highest BCUT2D eigenvalue weighted by atomic mass is 16.5. The molecule has 0 aliphatic carbocycles. The van der Waals surface area contributed by atoms with Gasteiger partial charge in [0.1, 0.15) is 5.69 Å². The van der Waals surface area contributed by atoms with E-state index in [9.17, 15) is 0 Å². The van der Waals surface area contributed by atoms with Crippen molar-refractivity contribution in [2.75, 3.05) is 0 Å². The van der Waals surface area contributed by atoms with Crippen LogP contribution in [0, 0.1) is 20.8 Å². The van der Waals surface area contributed by atoms with E-state index >= 15 is 0 Å². The van der Waals surface area contributed by atoms with Crippen molar-refractivity contribution >= 4 is 0 Å². The third-order valence-electron chi connectivity index (χ3n) is 3.04. The van der Waals surface area contributed by atoms with Crippen LogP contribution in [0.1, 0.15) is 22.6 Å². The highest BCUT2D eigenvalue weighted by Crippen LogP contribution is 2.27. The fourth-order valence-corrected chi connectivity index (χ4v) is 1.85. The molecule has 2 heterocycles. The normalized spacial score (nSPS) is 10.7. The van der Waals surface area contributed by atoms with E-state index in [-0.39, 0.29) is 0 Å². The Kier molecular flexibility index (Phi) is 3.34. The molecule has 0 spiro atoms. The predicted molar refractivity (Wildman–Crippen MR) is 69.6 cm³/mol. The minimum Gasteiger partial charge on any atom is -0.435 e. The number of nitrogens with two attached hydrogens (primary N) is 1. The predicted octanol–water partition coefficient (Wildman–Crippen LogP) is 1.99. The van der Waals surface area contributed by atoms with Crippen molar-refractivity contribution < 1.29 is 4.74 Å². The lowest BCUT2D eigenvalue weighted by molar-refractivity contribution is 0.453. The van der Waals surface area contributed by atoms with Gasteiger partial charge in [0.15, 0.2) is 5.75 Å². The Hall–Kier alpha value is -1.88. The summed E-state index contributed by atoms with van der Waals surface area (Å²) >= 11 is 0. The van der Waals surface area contributed by atoms with Crippen molar-refractivity contribution in [3.8, 4) is 11.6 Å². The summed E-state index contributed by atoms with van der Waals surface area (Å²) in [5.74, 6) is 1.34. The van der Waals surface area contributed by atoms with Crippen LogP contribution >= 0.6 is 0 Å². The first-order chi connectivity index (χ1) is 8.52. The number of rotatable bonds is 3. The average Bonchev–Trinajstić information content (AvgIpc) is 2.56. The van der Waals surface area contributed by atoms with E-state index in [1.54, 1.807) is 4.68 Å². The maximum absolute atomic E-state index is 5.81. The first-order valence-corrected chi connectivity index (χ1v) is 5.87. The lowest BCUT2D eigenvalue weighted by Crippen LogP contribution is -2.01. The van der Waals surface area contributed by atoms with Gasteiger partial charge in [-0.15, -0.1) is 0 Å². The van der Waals surface area contributed by atoms with Gasteiger partial charge in [-0.05, 0) is 26.3 Å². The van der Waals surface area contributed by atoms with Crippen LogP contribution in [-0.4, -0.2) is 14.8 Å². The smallest absolute Gasteiger partial charge is 0.219 e. The Labute approximate surface area is 107 Å². The minimum absolute atomic E-state index is 0.490. The second kappa shape index (κ2) is 4.78. The zero-order valence-electron chi connectivity index (χ0n) is 11.2. The molecule has 0 saturated carbocycles. The number of hydrogen-bond acceptors (Lipinski definition) is 4. The Morgan fingerprint density at radius 2 is 1.94 bits per heavy atom. The molecule has 2 aromatic rings. The molecule has 0 unspecified atom stereocenters. The van der Waals surface area contributed by atoms with Crippen LogP contribution in [0.3, 0.4) is 0 Å². The number of hydrogen-bond donors (Lipinski definition) is 1. The van der Waals surface area contributed by atoms with E-state index in [4.69, 9.17) is 10.5 Å². The first-order valence-electron chi connectivity index (χ1n) is 5.87. The average molecular weight is 246 g/mol. The molecule has 2 aromatic heterocycles. The first kappa shape index (κ1) is 12.6. The summed E-state index contributed by atoms with van der Waals surface area (Å²) in [7, 11) is 1.89. The lowest BCUT2D eigenvalue weighted by Gasteiger charge is -2.08. The van der Waals surface area contributed by atoms with Crippen LogP contribution in [-0.2, 0) is 13.6 Å². The van der Waals surface area contributed by atoms with Crippen LogP contribution in [0.5, 0.6) is 11.6 Å². The van der Waals surface area contributed by atoms with Gasteiger partial charge < -0.3 is 10.5 Å². The summed E-state index contributed by atoms with van der Waals surface area (Å²) in [5.41, 5.74) is 9.38. The third-order valence-corrected chi connectivity index (χ3v) is 3.04. The van der Waals surface area contributed by atoms with Crippen LogP contribution < -0.4 is 10.5 Å². The van der Waals surface area contributed by atoms with E-state index in [0.717, 1.165) is 28.4 Å². The van der Waals surface area contributed by atoms with Gasteiger partial charge in [-0.3, -0.25) is 4.68 Å². The molecule has 0 amide bonds. The molecule has 2 rings (SSSR count). The molecule has 18 heavy (non-hydrogen) atoms. The van der Waals surface area contributed by atoms with Gasteiger partial charge >= 0.3 is 0 Å². The molecular formula is C13H18N4O. The zero-order chi connectivity index (χ0) is 13.3.